The van der Waals surface area contributed by atoms with Crippen LogP contribution >= 0.6 is 0 Å². The molecule has 4 heteroatoms. The molecule has 0 saturated carbocycles. The Labute approximate surface area is 136 Å². The molecule has 1 heterocycles. The Hall–Kier alpha value is -1.90. The van der Waals surface area contributed by atoms with Crippen LogP contribution in [-0.2, 0) is 20.9 Å². The van der Waals surface area contributed by atoms with E-state index in [1.165, 1.54) is 0 Å². The van der Waals surface area contributed by atoms with Crippen molar-refractivity contribution in [2.24, 2.45) is 0 Å². The fourth-order valence-corrected chi connectivity index (χ4v) is 2.99. The maximum absolute atomic E-state index is 11.2. The zero-order chi connectivity index (χ0) is 16.5. The van der Waals surface area contributed by atoms with Crippen molar-refractivity contribution in [1.82, 2.24) is 0 Å². The average Bonchev–Trinajstić information content (AvgIpc) is 3.01. The molecule has 1 aromatic carbocycles. The molecule has 1 aromatic rings. The quantitative estimate of drug-likeness (QED) is 0.615. The zero-order valence-electron chi connectivity index (χ0n) is 13.3. The van der Waals surface area contributed by atoms with Gasteiger partial charge in [-0.2, -0.15) is 0 Å². The van der Waals surface area contributed by atoms with Crippen molar-refractivity contribution in [3.63, 3.8) is 0 Å². The van der Waals surface area contributed by atoms with Crippen LogP contribution in [0.2, 0.25) is 0 Å². The number of benzene rings is 1. The molecular weight excluding hydrogens is 292 g/mol. The van der Waals surface area contributed by atoms with Gasteiger partial charge in [0.25, 0.3) is 0 Å². The van der Waals surface area contributed by atoms with Crippen molar-refractivity contribution in [3.8, 4) is 11.8 Å². The van der Waals surface area contributed by atoms with Gasteiger partial charge in [0.1, 0.15) is 0 Å². The SMILES string of the molecule is CC1=CC2(OCCO2)c2ccccc2[C@]1(O)C#C/C(C)=C\CO. The Kier molecular flexibility index (Phi) is 4.13. The van der Waals surface area contributed by atoms with Crippen LogP contribution in [-0.4, -0.2) is 30.0 Å². The van der Waals surface area contributed by atoms with Crippen molar-refractivity contribution in [2.75, 3.05) is 19.8 Å². The summed E-state index contributed by atoms with van der Waals surface area (Å²) in [6.45, 7) is 4.57. The van der Waals surface area contributed by atoms with Crippen molar-refractivity contribution < 1.29 is 19.7 Å². The van der Waals surface area contributed by atoms with E-state index in [1.807, 2.05) is 37.3 Å². The van der Waals surface area contributed by atoms with Crippen molar-refractivity contribution in [3.05, 3.63) is 58.7 Å². The van der Waals surface area contributed by atoms with Crippen LogP contribution < -0.4 is 0 Å². The highest BCUT2D eigenvalue weighted by Gasteiger charge is 2.48. The number of hydrogen-bond donors (Lipinski definition) is 2. The maximum atomic E-state index is 11.2. The summed E-state index contributed by atoms with van der Waals surface area (Å²) in [4.78, 5) is 0. The topological polar surface area (TPSA) is 58.9 Å². The molecule has 1 saturated heterocycles. The molecule has 0 amide bonds. The molecule has 0 aromatic heterocycles. The number of fused-ring (bicyclic) bond motifs is 2. The summed E-state index contributed by atoms with van der Waals surface area (Å²) >= 11 is 0. The van der Waals surface area contributed by atoms with Crippen molar-refractivity contribution >= 4 is 0 Å². The van der Waals surface area contributed by atoms with Crippen LogP contribution in [0.25, 0.3) is 0 Å². The molecule has 3 rings (SSSR count). The van der Waals surface area contributed by atoms with Crippen molar-refractivity contribution in [2.45, 2.75) is 25.2 Å². The fraction of sp³-hybridized carbons (Fsp3) is 0.368. The summed E-state index contributed by atoms with van der Waals surface area (Å²) in [7, 11) is 0. The highest BCUT2D eigenvalue weighted by Crippen LogP contribution is 2.46. The molecule has 23 heavy (non-hydrogen) atoms. The van der Waals surface area contributed by atoms with Gasteiger partial charge in [0.15, 0.2) is 5.60 Å². The smallest absolute Gasteiger partial charge is 0.216 e. The van der Waals surface area contributed by atoms with Gasteiger partial charge in [-0.3, -0.25) is 0 Å². The van der Waals surface area contributed by atoms with E-state index >= 15 is 0 Å². The first-order chi connectivity index (χ1) is 11.0. The molecule has 120 valence electrons. The van der Waals surface area contributed by atoms with Crippen molar-refractivity contribution in [1.29, 1.82) is 0 Å². The van der Waals surface area contributed by atoms with E-state index in [0.29, 0.717) is 29.9 Å². The summed E-state index contributed by atoms with van der Waals surface area (Å²) in [5, 5.41) is 20.1. The molecule has 1 aliphatic heterocycles. The molecular formula is C19H20O4. The Balaban J connectivity index is 2.14. The average molecular weight is 312 g/mol. The van der Waals surface area contributed by atoms with Gasteiger partial charge in [-0.1, -0.05) is 36.1 Å². The number of ether oxygens (including phenoxy) is 2. The minimum absolute atomic E-state index is 0.0743. The molecule has 1 aliphatic carbocycles. The van der Waals surface area contributed by atoms with Gasteiger partial charge in [-0.05, 0) is 37.1 Å². The molecule has 0 bridgehead atoms. The van der Waals surface area contributed by atoms with E-state index in [2.05, 4.69) is 11.8 Å². The summed E-state index contributed by atoms with van der Waals surface area (Å²) in [6.07, 6.45) is 3.41. The van der Waals surface area contributed by atoms with Crippen LogP contribution in [0.3, 0.4) is 0 Å². The van der Waals surface area contributed by atoms with E-state index in [0.717, 1.165) is 5.56 Å². The Morgan fingerprint density at radius 3 is 2.57 bits per heavy atom. The lowest BCUT2D eigenvalue weighted by Crippen LogP contribution is -2.39. The van der Waals surface area contributed by atoms with Crippen LogP contribution in [0.5, 0.6) is 0 Å². The molecule has 0 unspecified atom stereocenters. The molecule has 1 spiro atoms. The lowest BCUT2D eigenvalue weighted by atomic mass is 9.76. The predicted molar refractivity (Wildman–Crippen MR) is 86.3 cm³/mol. The first-order valence-electron chi connectivity index (χ1n) is 7.63. The standard InChI is InChI=1S/C19H20O4/c1-14(8-10-20)7-9-18(21)15(2)13-19(22-11-12-23-19)17-6-4-3-5-16(17)18/h3-6,8,13,20-21H,10-12H2,1-2H3/b14-8-/t18-/m0/s1. The molecule has 1 fully saturated rings. The van der Waals surface area contributed by atoms with E-state index in [-0.39, 0.29) is 6.61 Å². The van der Waals surface area contributed by atoms with E-state index in [9.17, 15) is 5.11 Å². The van der Waals surface area contributed by atoms with Crippen LogP contribution in [0.1, 0.15) is 25.0 Å². The fourth-order valence-electron chi connectivity index (χ4n) is 2.99. The van der Waals surface area contributed by atoms with E-state index < -0.39 is 11.4 Å². The van der Waals surface area contributed by atoms with Gasteiger partial charge in [-0.25, -0.2) is 0 Å². The summed E-state index contributed by atoms with van der Waals surface area (Å²) < 4.78 is 11.7. The molecule has 4 nitrogen and oxygen atoms in total. The van der Waals surface area contributed by atoms with Gasteiger partial charge in [0.2, 0.25) is 5.79 Å². The zero-order valence-corrected chi connectivity index (χ0v) is 13.3. The number of hydrogen-bond acceptors (Lipinski definition) is 4. The predicted octanol–water partition coefficient (Wildman–Crippen LogP) is 1.98. The van der Waals surface area contributed by atoms with Gasteiger partial charge in [-0.15, -0.1) is 0 Å². The second-order valence-corrected chi connectivity index (χ2v) is 5.77. The summed E-state index contributed by atoms with van der Waals surface area (Å²) in [5.41, 5.74) is 1.43. The van der Waals surface area contributed by atoms with E-state index in [4.69, 9.17) is 14.6 Å². The minimum atomic E-state index is -1.40. The third-order valence-corrected chi connectivity index (χ3v) is 4.22. The third kappa shape index (κ3) is 2.62. The van der Waals surface area contributed by atoms with Crippen LogP contribution in [0, 0.1) is 11.8 Å². The van der Waals surface area contributed by atoms with Crippen LogP contribution in [0.15, 0.2) is 47.6 Å². The van der Waals surface area contributed by atoms with Gasteiger partial charge >= 0.3 is 0 Å². The second-order valence-electron chi connectivity index (χ2n) is 5.77. The monoisotopic (exact) mass is 312 g/mol. The third-order valence-electron chi connectivity index (χ3n) is 4.22. The first kappa shape index (κ1) is 16.0. The van der Waals surface area contributed by atoms with Gasteiger partial charge in [0, 0.05) is 11.1 Å². The Morgan fingerprint density at radius 2 is 1.91 bits per heavy atom. The first-order valence-corrected chi connectivity index (χ1v) is 7.63. The number of rotatable bonds is 1. The lowest BCUT2D eigenvalue weighted by Gasteiger charge is -2.38. The number of allylic oxidation sites excluding steroid dienone is 1. The number of aliphatic hydroxyl groups excluding tert-OH is 1. The Bertz CT molecular complexity index is 729. The number of aliphatic hydroxyl groups is 2. The largest absolute Gasteiger partial charge is 0.392 e. The summed E-state index contributed by atoms with van der Waals surface area (Å²) in [6, 6.07) is 7.50. The highest BCUT2D eigenvalue weighted by molar-refractivity contribution is 5.54. The molecule has 0 radical (unpaired) electrons. The van der Waals surface area contributed by atoms with Gasteiger partial charge < -0.3 is 19.7 Å². The second kappa shape index (κ2) is 5.95. The summed E-state index contributed by atoms with van der Waals surface area (Å²) in [5.74, 6) is 4.94. The molecule has 1 atom stereocenters. The van der Waals surface area contributed by atoms with E-state index in [1.54, 1.807) is 13.0 Å². The normalized spacial score (nSPS) is 25.6. The molecule has 2 aliphatic rings. The highest BCUT2D eigenvalue weighted by atomic mass is 16.7. The van der Waals surface area contributed by atoms with Crippen LogP contribution in [0.4, 0.5) is 0 Å². The van der Waals surface area contributed by atoms with Gasteiger partial charge in [0.05, 0.1) is 19.8 Å². The minimum Gasteiger partial charge on any atom is -0.392 e. The Morgan fingerprint density at radius 1 is 1.26 bits per heavy atom. The maximum Gasteiger partial charge on any atom is 0.216 e. The lowest BCUT2D eigenvalue weighted by molar-refractivity contribution is -0.129. The molecule has 2 N–H and O–H groups in total.